The molecule has 1 heterocycles. The highest BCUT2D eigenvalue weighted by Crippen LogP contribution is 2.50. The summed E-state index contributed by atoms with van der Waals surface area (Å²) in [6.45, 7) is 0.931. The van der Waals surface area contributed by atoms with Crippen LogP contribution in [0.1, 0.15) is 56.1 Å². The first-order valence-electron chi connectivity index (χ1n) is 13.0. The van der Waals surface area contributed by atoms with Crippen molar-refractivity contribution in [3.05, 3.63) is 59.7 Å². The lowest BCUT2D eigenvalue weighted by atomic mass is 9.67. The molecule has 7 heteroatoms. The van der Waals surface area contributed by atoms with Crippen molar-refractivity contribution in [1.29, 1.82) is 0 Å². The van der Waals surface area contributed by atoms with E-state index in [0.29, 0.717) is 25.3 Å². The molecular formula is C29H37N3O4. The average molecular weight is 492 g/mol. The zero-order chi connectivity index (χ0) is 25.5. The molecule has 1 N–H and O–H groups in total. The molecule has 5 rings (SSSR count). The van der Waals surface area contributed by atoms with E-state index in [9.17, 15) is 14.7 Å². The number of phenolic OH excluding ortho intramolecular Hbond substituents is 1. The molecule has 3 aliphatic rings. The molecule has 1 saturated heterocycles. The normalized spacial score (nSPS) is 26.7. The summed E-state index contributed by atoms with van der Waals surface area (Å²) in [5.74, 6) is 1.41. The third-order valence-corrected chi connectivity index (χ3v) is 8.93. The SMILES string of the molecule is COc1ccc(CN2C(=O)N(CC3CCC3)C3(CCC(c4cccc(O)c4)(N(C)C)CC3)C2=O)cc1. The van der Waals surface area contributed by atoms with Gasteiger partial charge >= 0.3 is 6.03 Å². The number of carbonyl (C=O) groups is 2. The number of benzene rings is 2. The van der Waals surface area contributed by atoms with Crippen LogP contribution in [0.2, 0.25) is 0 Å². The molecule has 1 spiro atoms. The number of phenols is 1. The van der Waals surface area contributed by atoms with Gasteiger partial charge in [0, 0.05) is 12.1 Å². The largest absolute Gasteiger partial charge is 0.508 e. The number of urea groups is 1. The van der Waals surface area contributed by atoms with Gasteiger partial charge in [0.15, 0.2) is 0 Å². The fraction of sp³-hybridized carbons (Fsp3) is 0.517. The van der Waals surface area contributed by atoms with Crippen molar-refractivity contribution in [2.24, 2.45) is 5.92 Å². The van der Waals surface area contributed by atoms with E-state index in [1.807, 2.05) is 41.3 Å². The molecule has 2 saturated carbocycles. The Hall–Kier alpha value is -3.06. The van der Waals surface area contributed by atoms with E-state index in [1.54, 1.807) is 13.2 Å². The number of amides is 3. The molecule has 2 aliphatic carbocycles. The lowest BCUT2D eigenvalue weighted by Gasteiger charge is -2.50. The van der Waals surface area contributed by atoms with Gasteiger partial charge in [0.05, 0.1) is 13.7 Å². The second-order valence-corrected chi connectivity index (χ2v) is 10.9. The van der Waals surface area contributed by atoms with E-state index in [1.165, 1.54) is 11.3 Å². The molecule has 0 unspecified atom stereocenters. The van der Waals surface area contributed by atoms with Gasteiger partial charge in [-0.1, -0.05) is 30.7 Å². The van der Waals surface area contributed by atoms with Crippen LogP contribution in [0.25, 0.3) is 0 Å². The minimum atomic E-state index is -0.796. The number of nitrogens with zero attached hydrogens (tertiary/aromatic N) is 3. The van der Waals surface area contributed by atoms with Crippen molar-refractivity contribution in [3.8, 4) is 11.5 Å². The Kier molecular flexibility index (Phi) is 6.45. The molecule has 7 nitrogen and oxygen atoms in total. The fourth-order valence-electron chi connectivity index (χ4n) is 6.37. The number of carbonyl (C=O) groups excluding carboxylic acids is 2. The number of aromatic hydroxyl groups is 1. The summed E-state index contributed by atoms with van der Waals surface area (Å²) in [5.41, 5.74) is 0.880. The van der Waals surface area contributed by atoms with E-state index in [-0.39, 0.29) is 29.8 Å². The van der Waals surface area contributed by atoms with E-state index < -0.39 is 5.54 Å². The Morgan fingerprint density at radius 3 is 2.28 bits per heavy atom. The topological polar surface area (TPSA) is 73.3 Å². The maximum absolute atomic E-state index is 14.1. The van der Waals surface area contributed by atoms with Crippen molar-refractivity contribution >= 4 is 11.9 Å². The maximum atomic E-state index is 14.1. The van der Waals surface area contributed by atoms with Crippen LogP contribution in [0.3, 0.4) is 0 Å². The van der Waals surface area contributed by atoms with E-state index >= 15 is 0 Å². The van der Waals surface area contributed by atoms with Gasteiger partial charge in [-0.3, -0.25) is 14.6 Å². The van der Waals surface area contributed by atoms with Gasteiger partial charge in [-0.05, 0) is 93.9 Å². The Bertz CT molecular complexity index is 1120. The van der Waals surface area contributed by atoms with Gasteiger partial charge in [0.2, 0.25) is 0 Å². The van der Waals surface area contributed by atoms with Crippen molar-refractivity contribution in [2.75, 3.05) is 27.7 Å². The third kappa shape index (κ3) is 4.03. The van der Waals surface area contributed by atoms with Crippen LogP contribution >= 0.6 is 0 Å². The lowest BCUT2D eigenvalue weighted by molar-refractivity contribution is -0.137. The number of methoxy groups -OCH3 is 1. The zero-order valence-corrected chi connectivity index (χ0v) is 21.6. The van der Waals surface area contributed by atoms with Crippen molar-refractivity contribution < 1.29 is 19.4 Å². The molecule has 1 aliphatic heterocycles. The molecule has 2 aromatic rings. The molecule has 2 aromatic carbocycles. The van der Waals surface area contributed by atoms with Gasteiger partial charge in [-0.2, -0.15) is 0 Å². The minimum Gasteiger partial charge on any atom is -0.508 e. The number of ether oxygens (including phenoxy) is 1. The molecule has 192 valence electrons. The Balaban J connectivity index is 1.44. The third-order valence-electron chi connectivity index (χ3n) is 8.93. The minimum absolute atomic E-state index is 0.0640. The first-order chi connectivity index (χ1) is 17.3. The Morgan fingerprint density at radius 2 is 1.72 bits per heavy atom. The maximum Gasteiger partial charge on any atom is 0.327 e. The number of hydrogen-bond acceptors (Lipinski definition) is 5. The van der Waals surface area contributed by atoms with Gasteiger partial charge < -0.3 is 14.7 Å². The second-order valence-electron chi connectivity index (χ2n) is 10.9. The number of rotatable bonds is 7. The van der Waals surface area contributed by atoms with Crippen LogP contribution in [-0.2, 0) is 16.9 Å². The van der Waals surface area contributed by atoms with Gasteiger partial charge in [0.1, 0.15) is 17.0 Å². The highest BCUT2D eigenvalue weighted by molar-refractivity contribution is 6.07. The summed E-state index contributed by atoms with van der Waals surface area (Å²) in [6, 6.07) is 14.9. The van der Waals surface area contributed by atoms with Gasteiger partial charge in [-0.15, -0.1) is 0 Å². The summed E-state index contributed by atoms with van der Waals surface area (Å²) >= 11 is 0. The van der Waals surface area contributed by atoms with Crippen LogP contribution in [-0.4, -0.2) is 65.0 Å². The first kappa shape index (κ1) is 24.6. The molecule has 3 amide bonds. The monoisotopic (exact) mass is 491 g/mol. The van der Waals surface area contributed by atoms with Crippen molar-refractivity contribution in [1.82, 2.24) is 14.7 Å². The number of hydrogen-bond donors (Lipinski definition) is 1. The molecule has 3 fully saturated rings. The average Bonchev–Trinajstić information content (AvgIpc) is 3.03. The Labute approximate surface area is 213 Å². The summed E-state index contributed by atoms with van der Waals surface area (Å²) in [6.07, 6.45) is 6.13. The van der Waals surface area contributed by atoms with Crippen molar-refractivity contribution in [3.63, 3.8) is 0 Å². The zero-order valence-electron chi connectivity index (χ0n) is 21.6. The molecule has 36 heavy (non-hydrogen) atoms. The highest BCUT2D eigenvalue weighted by atomic mass is 16.5. The van der Waals surface area contributed by atoms with Crippen molar-refractivity contribution in [2.45, 2.75) is 62.6 Å². The summed E-state index contributed by atoms with van der Waals surface area (Å²) < 4.78 is 5.26. The van der Waals surface area contributed by atoms with Gasteiger partial charge in [0.25, 0.3) is 5.91 Å². The molecule has 0 bridgehead atoms. The first-order valence-corrected chi connectivity index (χ1v) is 13.0. The molecule has 0 atom stereocenters. The van der Waals surface area contributed by atoms with Crippen LogP contribution in [0.15, 0.2) is 48.5 Å². The van der Waals surface area contributed by atoms with Crippen LogP contribution in [0.4, 0.5) is 4.79 Å². The van der Waals surface area contributed by atoms with E-state index in [0.717, 1.165) is 42.6 Å². The summed E-state index contributed by atoms with van der Waals surface area (Å²) in [4.78, 5) is 33.4. The molecule has 0 aromatic heterocycles. The standard InChI is InChI=1S/C29H37N3O4/c1-30(2)28(23-8-5-9-24(33)18-23)14-16-29(17-15-28)26(34)31(19-22-10-12-25(36-3)13-11-22)27(35)32(29)20-21-6-4-7-21/h5,8-13,18,21,33H,4,6-7,14-17,19-20H2,1-3H3. The number of imide groups is 1. The summed E-state index contributed by atoms with van der Waals surface area (Å²) in [5, 5.41) is 10.2. The quantitative estimate of drug-likeness (QED) is 0.567. The molecular weight excluding hydrogens is 454 g/mol. The smallest absolute Gasteiger partial charge is 0.327 e. The fourth-order valence-corrected chi connectivity index (χ4v) is 6.37. The molecule has 0 radical (unpaired) electrons. The second kappa shape index (κ2) is 9.43. The predicted octanol–water partition coefficient (Wildman–Crippen LogP) is 4.74. The predicted molar refractivity (Wildman–Crippen MR) is 138 cm³/mol. The lowest BCUT2D eigenvalue weighted by Crippen LogP contribution is -2.58. The van der Waals surface area contributed by atoms with E-state index in [2.05, 4.69) is 25.1 Å². The van der Waals surface area contributed by atoms with Gasteiger partial charge in [-0.25, -0.2) is 4.79 Å². The van der Waals surface area contributed by atoms with Crippen LogP contribution in [0.5, 0.6) is 11.5 Å². The van der Waals surface area contributed by atoms with Crippen LogP contribution < -0.4 is 4.74 Å². The highest BCUT2D eigenvalue weighted by Gasteiger charge is 2.60. The summed E-state index contributed by atoms with van der Waals surface area (Å²) in [7, 11) is 5.75. The van der Waals surface area contributed by atoms with Crippen LogP contribution in [0, 0.1) is 5.92 Å². The van der Waals surface area contributed by atoms with E-state index in [4.69, 9.17) is 4.74 Å². The Morgan fingerprint density at radius 1 is 1.03 bits per heavy atom.